The van der Waals surface area contributed by atoms with E-state index in [1.54, 1.807) is 49.9 Å². The number of aromatic nitrogens is 2. The summed E-state index contributed by atoms with van der Waals surface area (Å²) in [5.74, 6) is -1.13. The van der Waals surface area contributed by atoms with Gasteiger partial charge < -0.3 is 16.0 Å². The van der Waals surface area contributed by atoms with Gasteiger partial charge in [0.2, 0.25) is 5.91 Å². The Balaban J connectivity index is 1.60. The first-order valence-corrected chi connectivity index (χ1v) is 11.9. The van der Waals surface area contributed by atoms with Crippen LogP contribution in [-0.2, 0) is 16.0 Å². The quantitative estimate of drug-likeness (QED) is 0.495. The van der Waals surface area contributed by atoms with Crippen LogP contribution in [0.25, 0.3) is 0 Å². The molecule has 0 radical (unpaired) electrons. The number of β-lactam (4-membered cyclic amide) rings is 1. The highest BCUT2D eigenvalue weighted by molar-refractivity contribution is 6.12. The van der Waals surface area contributed by atoms with Gasteiger partial charge in [-0.15, -0.1) is 0 Å². The number of rotatable bonds is 7. The van der Waals surface area contributed by atoms with Gasteiger partial charge in [-0.05, 0) is 55.2 Å². The van der Waals surface area contributed by atoms with Gasteiger partial charge in [-0.1, -0.05) is 36.8 Å². The van der Waals surface area contributed by atoms with Crippen molar-refractivity contribution in [2.24, 2.45) is 5.92 Å². The maximum atomic E-state index is 13.6. The number of nitrogens with two attached hydrogens (primary N) is 1. The minimum Gasteiger partial charge on any atom is -0.384 e. The molecule has 3 aromatic rings. The lowest BCUT2D eigenvalue weighted by Gasteiger charge is -2.46. The molecule has 9 nitrogen and oxygen atoms in total. The minimum absolute atomic E-state index is 0.269. The van der Waals surface area contributed by atoms with Crippen molar-refractivity contribution in [2.45, 2.75) is 38.8 Å². The number of aryl methyl sites for hydroxylation is 1. The maximum absolute atomic E-state index is 13.6. The van der Waals surface area contributed by atoms with E-state index in [-0.39, 0.29) is 18.4 Å². The molecule has 0 aliphatic carbocycles. The summed E-state index contributed by atoms with van der Waals surface area (Å²) in [5, 5.41) is 2.96. The summed E-state index contributed by atoms with van der Waals surface area (Å²) in [4.78, 5) is 50.7. The molecule has 3 heterocycles. The summed E-state index contributed by atoms with van der Waals surface area (Å²) in [6.45, 7) is 3.94. The number of hydrogen-bond donors (Lipinski definition) is 2. The molecule has 9 heteroatoms. The van der Waals surface area contributed by atoms with Crippen LogP contribution in [0.1, 0.15) is 36.1 Å². The molecule has 1 aliphatic rings. The number of anilines is 2. The molecule has 3 N–H and O–H groups in total. The Morgan fingerprint density at radius 3 is 2.56 bits per heavy atom. The van der Waals surface area contributed by atoms with Gasteiger partial charge in [0.15, 0.2) is 0 Å². The summed E-state index contributed by atoms with van der Waals surface area (Å²) in [7, 11) is 1.62. The SMILES string of the molecule is CCC(NC(=O)N1C(=O)[C@H](Cc2ccnc(N)c2)[C@H]1C(=O)N(C)c1ccncc1)c1cccc(C)c1. The summed E-state index contributed by atoms with van der Waals surface area (Å²) < 4.78 is 0. The van der Waals surface area contributed by atoms with Crippen LogP contribution >= 0.6 is 0 Å². The van der Waals surface area contributed by atoms with Crippen LogP contribution in [0.4, 0.5) is 16.3 Å². The molecule has 1 aliphatic heterocycles. The lowest BCUT2D eigenvalue weighted by Crippen LogP contribution is -2.70. The van der Waals surface area contributed by atoms with E-state index in [0.717, 1.165) is 21.6 Å². The molecule has 3 atom stereocenters. The van der Waals surface area contributed by atoms with Crippen molar-refractivity contribution in [3.05, 3.63) is 83.8 Å². The summed E-state index contributed by atoms with van der Waals surface area (Å²) in [6, 6.07) is 12.9. The Morgan fingerprint density at radius 2 is 1.89 bits per heavy atom. The van der Waals surface area contributed by atoms with Crippen molar-refractivity contribution >= 4 is 29.4 Å². The second kappa shape index (κ2) is 10.6. The van der Waals surface area contributed by atoms with Crippen molar-refractivity contribution in [3.63, 3.8) is 0 Å². The summed E-state index contributed by atoms with van der Waals surface area (Å²) in [5.41, 5.74) is 9.22. The van der Waals surface area contributed by atoms with Gasteiger partial charge in [-0.2, -0.15) is 0 Å². The molecule has 4 amide bonds. The van der Waals surface area contributed by atoms with Gasteiger partial charge in [0.25, 0.3) is 5.91 Å². The van der Waals surface area contributed by atoms with E-state index in [4.69, 9.17) is 5.73 Å². The smallest absolute Gasteiger partial charge is 0.325 e. The van der Waals surface area contributed by atoms with Crippen molar-refractivity contribution in [1.82, 2.24) is 20.2 Å². The molecule has 186 valence electrons. The molecule has 36 heavy (non-hydrogen) atoms. The van der Waals surface area contributed by atoms with E-state index in [0.29, 0.717) is 17.9 Å². The number of pyridine rings is 2. The Bertz CT molecular complexity index is 1270. The molecule has 0 saturated carbocycles. The number of carbonyl (C=O) groups is 3. The van der Waals surface area contributed by atoms with E-state index in [9.17, 15) is 14.4 Å². The molecule has 1 fully saturated rings. The van der Waals surface area contributed by atoms with Crippen molar-refractivity contribution in [1.29, 1.82) is 0 Å². The average molecular weight is 487 g/mol. The van der Waals surface area contributed by atoms with Gasteiger partial charge in [0.1, 0.15) is 11.9 Å². The molecule has 1 aromatic carbocycles. The molecule has 0 bridgehead atoms. The molecule has 1 saturated heterocycles. The number of nitrogen functional groups attached to an aromatic ring is 1. The second-order valence-corrected chi connectivity index (χ2v) is 8.98. The number of amides is 4. The van der Waals surface area contributed by atoms with E-state index in [1.165, 1.54) is 4.90 Å². The Kier molecular flexibility index (Phi) is 7.28. The molecule has 0 spiro atoms. The second-order valence-electron chi connectivity index (χ2n) is 8.98. The Morgan fingerprint density at radius 1 is 1.14 bits per heavy atom. The largest absolute Gasteiger partial charge is 0.384 e. The van der Waals surface area contributed by atoms with Crippen molar-refractivity contribution < 1.29 is 14.4 Å². The molecular weight excluding hydrogens is 456 g/mol. The highest BCUT2D eigenvalue weighted by Gasteiger charge is 2.55. The number of carbonyl (C=O) groups excluding carboxylic acids is 3. The monoisotopic (exact) mass is 486 g/mol. The Hall–Kier alpha value is -4.27. The van der Waals surface area contributed by atoms with Gasteiger partial charge in [-0.3, -0.25) is 19.5 Å². The van der Waals surface area contributed by atoms with E-state index >= 15 is 0 Å². The third-order valence-electron chi connectivity index (χ3n) is 6.52. The fourth-order valence-corrected chi connectivity index (χ4v) is 4.55. The zero-order chi connectivity index (χ0) is 25.8. The van der Waals surface area contributed by atoms with E-state index < -0.39 is 23.9 Å². The fourth-order valence-electron chi connectivity index (χ4n) is 4.55. The first-order chi connectivity index (χ1) is 17.3. The number of benzene rings is 1. The number of urea groups is 1. The molecule has 2 aromatic heterocycles. The highest BCUT2D eigenvalue weighted by Crippen LogP contribution is 2.33. The first kappa shape index (κ1) is 24.8. The predicted molar refractivity (Wildman–Crippen MR) is 137 cm³/mol. The highest BCUT2D eigenvalue weighted by atomic mass is 16.2. The van der Waals surface area contributed by atoms with Crippen LogP contribution in [-0.4, -0.2) is 45.8 Å². The number of likely N-dealkylation sites (tertiary alicyclic amines) is 1. The van der Waals surface area contributed by atoms with Gasteiger partial charge in [0, 0.05) is 31.3 Å². The van der Waals surface area contributed by atoms with Crippen LogP contribution in [0.5, 0.6) is 0 Å². The van der Waals surface area contributed by atoms with E-state index in [1.807, 2.05) is 38.1 Å². The van der Waals surface area contributed by atoms with Crippen LogP contribution in [0, 0.1) is 12.8 Å². The zero-order valence-electron chi connectivity index (χ0n) is 20.6. The topological polar surface area (TPSA) is 122 Å². The van der Waals surface area contributed by atoms with Crippen LogP contribution < -0.4 is 16.0 Å². The molecular formula is C27H30N6O3. The van der Waals surface area contributed by atoms with Crippen LogP contribution in [0.3, 0.4) is 0 Å². The number of imide groups is 1. The van der Waals surface area contributed by atoms with Crippen molar-refractivity contribution in [2.75, 3.05) is 17.7 Å². The summed E-state index contributed by atoms with van der Waals surface area (Å²) in [6.07, 6.45) is 5.63. The third-order valence-corrected chi connectivity index (χ3v) is 6.52. The number of hydrogen-bond acceptors (Lipinski definition) is 6. The lowest BCUT2D eigenvalue weighted by molar-refractivity contribution is -0.156. The summed E-state index contributed by atoms with van der Waals surface area (Å²) >= 11 is 0. The standard InChI is InChI=1S/C27H30N6O3/c1-4-22(19-7-5-6-17(2)14-19)31-27(36)33-24(26(35)32(3)20-9-11-29-12-10-20)21(25(33)34)15-18-8-13-30-23(28)16-18/h5-14,16,21-22,24H,4,15H2,1-3H3,(H2,28,30)(H,31,36)/t21-,22?,24+/m1/s1. The molecule has 4 rings (SSSR count). The fraction of sp³-hybridized carbons (Fsp3) is 0.296. The Labute approximate surface area is 210 Å². The first-order valence-electron chi connectivity index (χ1n) is 11.9. The number of likely N-dealkylation sites (N-methyl/N-ethyl adjacent to an activating group) is 1. The minimum atomic E-state index is -0.958. The van der Waals surface area contributed by atoms with Crippen LogP contribution in [0.2, 0.25) is 0 Å². The van der Waals surface area contributed by atoms with Gasteiger partial charge in [-0.25, -0.2) is 9.78 Å². The number of nitrogens with one attached hydrogen (secondary N) is 1. The average Bonchev–Trinajstić information content (AvgIpc) is 2.88. The zero-order valence-corrected chi connectivity index (χ0v) is 20.6. The predicted octanol–water partition coefficient (Wildman–Crippen LogP) is 3.26. The maximum Gasteiger partial charge on any atom is 0.325 e. The lowest BCUT2D eigenvalue weighted by atomic mass is 9.81. The van der Waals surface area contributed by atoms with E-state index in [2.05, 4.69) is 15.3 Å². The van der Waals surface area contributed by atoms with Gasteiger partial charge in [0.05, 0.1) is 12.0 Å². The third kappa shape index (κ3) is 5.05. The van der Waals surface area contributed by atoms with Crippen molar-refractivity contribution in [3.8, 4) is 0 Å². The number of nitrogens with zero attached hydrogens (tertiary/aromatic N) is 4. The van der Waals surface area contributed by atoms with Gasteiger partial charge >= 0.3 is 6.03 Å². The van der Waals surface area contributed by atoms with Crippen LogP contribution in [0.15, 0.2) is 67.1 Å². The molecule has 1 unspecified atom stereocenters. The normalized spacial score (nSPS) is 17.8.